The van der Waals surface area contributed by atoms with E-state index in [2.05, 4.69) is 45.9 Å². The number of hydrogen-bond donors (Lipinski definition) is 0. The van der Waals surface area contributed by atoms with Gasteiger partial charge in [-0.3, -0.25) is 0 Å². The second-order valence-corrected chi connectivity index (χ2v) is 4.64. The van der Waals surface area contributed by atoms with Crippen LogP contribution in [0, 0.1) is 12.8 Å². The Balaban J connectivity index is 2.50. The zero-order chi connectivity index (χ0) is 10.3. The number of hydrogen-bond acceptors (Lipinski definition) is 0. The van der Waals surface area contributed by atoms with Crippen molar-refractivity contribution in [3.05, 3.63) is 40.5 Å². The van der Waals surface area contributed by atoms with E-state index in [4.69, 9.17) is 0 Å². The molecule has 0 heteroatoms. The summed E-state index contributed by atoms with van der Waals surface area (Å²) in [4.78, 5) is 0. The number of fused-ring (bicyclic) bond motifs is 1. The molecular formula is C14H18. The number of aryl methyl sites for hydroxylation is 1. The Morgan fingerprint density at radius 3 is 2.50 bits per heavy atom. The first-order valence-electron chi connectivity index (χ1n) is 5.39. The van der Waals surface area contributed by atoms with Crippen molar-refractivity contribution < 1.29 is 0 Å². The molecule has 1 aromatic rings. The van der Waals surface area contributed by atoms with Crippen LogP contribution in [0.5, 0.6) is 0 Å². The van der Waals surface area contributed by atoms with Crippen molar-refractivity contribution in [3.63, 3.8) is 0 Å². The fourth-order valence-electron chi connectivity index (χ4n) is 2.34. The van der Waals surface area contributed by atoms with Crippen LogP contribution in [-0.4, -0.2) is 0 Å². The molecule has 1 aromatic carbocycles. The highest BCUT2D eigenvalue weighted by molar-refractivity contribution is 5.75. The first-order chi connectivity index (χ1) is 6.59. The van der Waals surface area contributed by atoms with E-state index >= 15 is 0 Å². The van der Waals surface area contributed by atoms with Crippen LogP contribution < -0.4 is 0 Å². The fraction of sp³-hybridized carbons (Fsp3) is 0.429. The minimum absolute atomic E-state index is 0.683. The summed E-state index contributed by atoms with van der Waals surface area (Å²) in [5.74, 6) is 0.683. The third-order valence-corrected chi connectivity index (χ3v) is 3.23. The lowest BCUT2D eigenvalue weighted by atomic mass is 9.99. The molecule has 0 unspecified atom stereocenters. The standard InChI is InChI=1S/C14H18/c1-9(2)13-8-12-6-5-10(3)7-14(12)11(13)4/h5-7,9H,8H2,1-4H3. The minimum Gasteiger partial charge on any atom is -0.0597 e. The molecular weight excluding hydrogens is 168 g/mol. The monoisotopic (exact) mass is 186 g/mol. The SMILES string of the molecule is CC1=C(C(C)C)Cc2ccc(C)cc21. The van der Waals surface area contributed by atoms with Crippen LogP contribution in [0.15, 0.2) is 23.8 Å². The molecule has 0 spiro atoms. The number of benzene rings is 1. The predicted molar refractivity (Wildman–Crippen MR) is 62.3 cm³/mol. The lowest BCUT2D eigenvalue weighted by molar-refractivity contribution is 0.751. The third-order valence-electron chi connectivity index (χ3n) is 3.23. The van der Waals surface area contributed by atoms with E-state index in [0.717, 1.165) is 0 Å². The van der Waals surface area contributed by atoms with Crippen molar-refractivity contribution in [3.8, 4) is 0 Å². The first kappa shape index (κ1) is 9.51. The van der Waals surface area contributed by atoms with Gasteiger partial charge in [0.25, 0.3) is 0 Å². The van der Waals surface area contributed by atoms with Gasteiger partial charge in [0.15, 0.2) is 0 Å². The summed E-state index contributed by atoms with van der Waals surface area (Å²) < 4.78 is 0. The maximum Gasteiger partial charge on any atom is -0.00525 e. The van der Waals surface area contributed by atoms with Crippen LogP contribution in [0.4, 0.5) is 0 Å². The van der Waals surface area contributed by atoms with Crippen LogP contribution in [0.2, 0.25) is 0 Å². The molecule has 0 heterocycles. The topological polar surface area (TPSA) is 0 Å². The zero-order valence-electron chi connectivity index (χ0n) is 9.52. The minimum atomic E-state index is 0.683. The van der Waals surface area contributed by atoms with E-state index in [0.29, 0.717) is 5.92 Å². The molecule has 14 heavy (non-hydrogen) atoms. The van der Waals surface area contributed by atoms with Gasteiger partial charge in [0, 0.05) is 0 Å². The summed E-state index contributed by atoms with van der Waals surface area (Å²) in [5.41, 5.74) is 7.49. The highest BCUT2D eigenvalue weighted by Crippen LogP contribution is 2.36. The van der Waals surface area contributed by atoms with Crippen LogP contribution in [0.1, 0.15) is 37.5 Å². The zero-order valence-corrected chi connectivity index (χ0v) is 9.52. The van der Waals surface area contributed by atoms with Gasteiger partial charge in [0.2, 0.25) is 0 Å². The Kier molecular flexibility index (Phi) is 2.22. The maximum absolute atomic E-state index is 2.32. The smallest absolute Gasteiger partial charge is 0.00525 e. The molecule has 1 aliphatic rings. The lowest BCUT2D eigenvalue weighted by Gasteiger charge is -2.07. The molecule has 0 fully saturated rings. The van der Waals surface area contributed by atoms with E-state index < -0.39 is 0 Å². The van der Waals surface area contributed by atoms with Crippen LogP contribution >= 0.6 is 0 Å². The van der Waals surface area contributed by atoms with Gasteiger partial charge in [-0.05, 0) is 42.9 Å². The molecule has 1 aliphatic carbocycles. The summed E-state index contributed by atoms with van der Waals surface area (Å²) in [5, 5.41) is 0. The van der Waals surface area contributed by atoms with Gasteiger partial charge in [-0.15, -0.1) is 0 Å². The van der Waals surface area contributed by atoms with Crippen molar-refractivity contribution in [1.29, 1.82) is 0 Å². The first-order valence-corrected chi connectivity index (χ1v) is 5.39. The largest absolute Gasteiger partial charge is 0.0597 e. The van der Waals surface area contributed by atoms with Gasteiger partial charge in [-0.1, -0.05) is 43.2 Å². The summed E-state index contributed by atoms with van der Waals surface area (Å²) >= 11 is 0. The fourth-order valence-corrected chi connectivity index (χ4v) is 2.34. The summed E-state index contributed by atoms with van der Waals surface area (Å²) in [6.45, 7) is 9.01. The molecule has 0 atom stereocenters. The van der Waals surface area contributed by atoms with E-state index in [-0.39, 0.29) is 0 Å². The van der Waals surface area contributed by atoms with Gasteiger partial charge in [0.05, 0.1) is 0 Å². The van der Waals surface area contributed by atoms with E-state index in [9.17, 15) is 0 Å². The highest BCUT2D eigenvalue weighted by Gasteiger charge is 2.19. The van der Waals surface area contributed by atoms with Crippen molar-refractivity contribution in [2.24, 2.45) is 5.92 Å². The average molecular weight is 186 g/mol. The van der Waals surface area contributed by atoms with Crippen molar-refractivity contribution >= 4 is 5.57 Å². The molecule has 0 saturated heterocycles. The van der Waals surface area contributed by atoms with E-state index in [1.54, 1.807) is 5.57 Å². The molecule has 0 radical (unpaired) electrons. The predicted octanol–water partition coefficient (Wildman–Crippen LogP) is 3.98. The molecule has 0 aliphatic heterocycles. The van der Waals surface area contributed by atoms with Crippen LogP contribution in [0.3, 0.4) is 0 Å². The Hall–Kier alpha value is -1.04. The molecule has 0 amide bonds. The molecule has 0 N–H and O–H groups in total. The molecule has 2 rings (SSSR count). The summed E-state index contributed by atoms with van der Waals surface area (Å²) in [7, 11) is 0. The highest BCUT2D eigenvalue weighted by atomic mass is 14.2. The van der Waals surface area contributed by atoms with Crippen LogP contribution in [0.25, 0.3) is 5.57 Å². The van der Waals surface area contributed by atoms with Crippen LogP contribution in [-0.2, 0) is 6.42 Å². The summed E-state index contributed by atoms with van der Waals surface area (Å²) in [6.07, 6.45) is 1.17. The van der Waals surface area contributed by atoms with Gasteiger partial charge in [0.1, 0.15) is 0 Å². The Morgan fingerprint density at radius 1 is 1.14 bits per heavy atom. The number of rotatable bonds is 1. The Bertz CT molecular complexity index is 394. The third kappa shape index (κ3) is 1.39. The average Bonchev–Trinajstić information content (AvgIpc) is 2.44. The lowest BCUT2D eigenvalue weighted by Crippen LogP contribution is -1.94. The Labute approximate surface area is 86.7 Å². The molecule has 0 nitrogen and oxygen atoms in total. The van der Waals surface area contributed by atoms with E-state index in [1.165, 1.54) is 28.7 Å². The second-order valence-electron chi connectivity index (χ2n) is 4.64. The molecule has 0 aromatic heterocycles. The quantitative estimate of drug-likeness (QED) is 0.622. The second kappa shape index (κ2) is 3.27. The van der Waals surface area contributed by atoms with Gasteiger partial charge in [-0.25, -0.2) is 0 Å². The molecule has 74 valence electrons. The van der Waals surface area contributed by atoms with Gasteiger partial charge in [-0.2, -0.15) is 0 Å². The molecule has 0 saturated carbocycles. The normalized spacial score (nSPS) is 15.2. The number of allylic oxidation sites excluding steroid dienone is 2. The molecule has 0 bridgehead atoms. The van der Waals surface area contributed by atoms with Gasteiger partial charge >= 0.3 is 0 Å². The van der Waals surface area contributed by atoms with Crippen molar-refractivity contribution in [1.82, 2.24) is 0 Å². The maximum atomic E-state index is 2.32. The van der Waals surface area contributed by atoms with Crippen molar-refractivity contribution in [2.45, 2.75) is 34.1 Å². The van der Waals surface area contributed by atoms with Crippen molar-refractivity contribution in [2.75, 3.05) is 0 Å². The summed E-state index contributed by atoms with van der Waals surface area (Å²) in [6, 6.07) is 6.82. The van der Waals surface area contributed by atoms with Gasteiger partial charge < -0.3 is 0 Å². The van der Waals surface area contributed by atoms with E-state index in [1.807, 2.05) is 0 Å². The Morgan fingerprint density at radius 2 is 1.86 bits per heavy atom.